The number of aryl methyl sites for hydroxylation is 2. The van der Waals surface area contributed by atoms with Crippen molar-refractivity contribution in [3.05, 3.63) is 64.7 Å². The van der Waals surface area contributed by atoms with E-state index in [9.17, 15) is 4.79 Å². The molecule has 0 aromatic heterocycles. The minimum atomic E-state index is -0.498. The van der Waals surface area contributed by atoms with Crippen molar-refractivity contribution in [3.8, 4) is 5.75 Å². The average Bonchev–Trinajstić information content (AvgIpc) is 2.60. The molecular formula is C21H27NO2S. The molecule has 134 valence electrons. The number of rotatable bonds is 8. The molecule has 0 aliphatic carbocycles. The van der Waals surface area contributed by atoms with E-state index in [4.69, 9.17) is 4.74 Å². The standard InChI is InChI=1S/C21H27NO2S/c1-15-9-7-11-20(17(15)3)24-18(4)21(23)22-12-13-25-14-19-10-6-5-8-16(19)2/h5-11,18H,12-14H2,1-4H3,(H,22,23)/t18-/m0/s1. The Morgan fingerprint density at radius 1 is 1.08 bits per heavy atom. The molecule has 0 bridgehead atoms. The van der Waals surface area contributed by atoms with Crippen LogP contribution >= 0.6 is 11.8 Å². The summed E-state index contributed by atoms with van der Waals surface area (Å²) in [5.74, 6) is 2.56. The molecule has 4 heteroatoms. The predicted molar refractivity (Wildman–Crippen MR) is 106 cm³/mol. The van der Waals surface area contributed by atoms with Gasteiger partial charge in [0.2, 0.25) is 0 Å². The van der Waals surface area contributed by atoms with Crippen LogP contribution in [0.4, 0.5) is 0 Å². The summed E-state index contributed by atoms with van der Waals surface area (Å²) >= 11 is 1.83. The van der Waals surface area contributed by atoms with Crippen molar-refractivity contribution in [2.45, 2.75) is 39.6 Å². The summed E-state index contributed by atoms with van der Waals surface area (Å²) < 4.78 is 5.81. The first-order valence-corrected chi connectivity index (χ1v) is 9.77. The second-order valence-electron chi connectivity index (χ2n) is 6.23. The zero-order chi connectivity index (χ0) is 18.2. The maximum atomic E-state index is 12.2. The lowest BCUT2D eigenvalue weighted by Gasteiger charge is -2.17. The third-order valence-corrected chi connectivity index (χ3v) is 5.30. The van der Waals surface area contributed by atoms with Crippen LogP contribution in [-0.4, -0.2) is 24.3 Å². The molecule has 0 aliphatic rings. The first-order chi connectivity index (χ1) is 12.0. The van der Waals surface area contributed by atoms with Gasteiger partial charge in [0.25, 0.3) is 5.91 Å². The van der Waals surface area contributed by atoms with Crippen LogP contribution in [0.15, 0.2) is 42.5 Å². The van der Waals surface area contributed by atoms with E-state index in [1.807, 2.05) is 43.8 Å². The van der Waals surface area contributed by atoms with Crippen molar-refractivity contribution in [2.24, 2.45) is 0 Å². The molecule has 0 aliphatic heterocycles. The lowest BCUT2D eigenvalue weighted by atomic mass is 10.1. The van der Waals surface area contributed by atoms with Gasteiger partial charge in [-0.25, -0.2) is 0 Å². The molecule has 0 saturated heterocycles. The first kappa shape index (κ1) is 19.4. The summed E-state index contributed by atoms with van der Waals surface area (Å²) in [5.41, 5.74) is 4.91. The highest BCUT2D eigenvalue weighted by molar-refractivity contribution is 7.98. The first-order valence-electron chi connectivity index (χ1n) is 8.62. The summed E-state index contributed by atoms with van der Waals surface area (Å²) in [5, 5.41) is 2.95. The molecule has 2 aromatic rings. The molecule has 0 radical (unpaired) electrons. The van der Waals surface area contributed by atoms with Crippen molar-refractivity contribution in [1.82, 2.24) is 5.32 Å². The zero-order valence-corrected chi connectivity index (χ0v) is 16.3. The summed E-state index contributed by atoms with van der Waals surface area (Å²) in [7, 11) is 0. The highest BCUT2D eigenvalue weighted by Crippen LogP contribution is 2.21. The number of amides is 1. The van der Waals surface area contributed by atoms with Gasteiger partial charge in [-0.05, 0) is 56.0 Å². The fourth-order valence-corrected chi connectivity index (χ4v) is 3.37. The van der Waals surface area contributed by atoms with Crippen LogP contribution in [0.1, 0.15) is 29.2 Å². The van der Waals surface area contributed by atoms with Crippen LogP contribution in [0.5, 0.6) is 5.75 Å². The summed E-state index contributed by atoms with van der Waals surface area (Å²) in [6, 6.07) is 14.3. The largest absolute Gasteiger partial charge is 0.481 e. The quantitative estimate of drug-likeness (QED) is 0.710. The second-order valence-corrected chi connectivity index (χ2v) is 7.33. The molecule has 0 unspecified atom stereocenters. The topological polar surface area (TPSA) is 38.3 Å². The predicted octanol–water partition coefficient (Wildman–Crippen LogP) is 4.43. The van der Waals surface area contributed by atoms with Gasteiger partial charge in [-0.2, -0.15) is 11.8 Å². The van der Waals surface area contributed by atoms with Gasteiger partial charge in [0.1, 0.15) is 5.75 Å². The van der Waals surface area contributed by atoms with E-state index < -0.39 is 6.10 Å². The number of hydrogen-bond acceptors (Lipinski definition) is 3. The van der Waals surface area contributed by atoms with Crippen molar-refractivity contribution < 1.29 is 9.53 Å². The van der Waals surface area contributed by atoms with E-state index in [0.717, 1.165) is 28.4 Å². The molecule has 1 atom stereocenters. The lowest BCUT2D eigenvalue weighted by Crippen LogP contribution is -2.37. The Morgan fingerprint density at radius 3 is 2.56 bits per heavy atom. The Labute approximate surface area is 155 Å². The molecule has 0 fully saturated rings. The van der Waals surface area contributed by atoms with Crippen LogP contribution in [0, 0.1) is 20.8 Å². The maximum Gasteiger partial charge on any atom is 0.260 e. The molecule has 0 spiro atoms. The van der Waals surface area contributed by atoms with Crippen LogP contribution < -0.4 is 10.1 Å². The molecule has 25 heavy (non-hydrogen) atoms. The second kappa shape index (κ2) is 9.52. The van der Waals surface area contributed by atoms with Gasteiger partial charge in [-0.15, -0.1) is 0 Å². The van der Waals surface area contributed by atoms with Gasteiger partial charge in [-0.1, -0.05) is 36.4 Å². The van der Waals surface area contributed by atoms with Crippen LogP contribution in [0.2, 0.25) is 0 Å². The van der Waals surface area contributed by atoms with E-state index in [2.05, 4.69) is 36.5 Å². The Balaban J connectivity index is 1.71. The average molecular weight is 358 g/mol. The van der Waals surface area contributed by atoms with Crippen LogP contribution in [-0.2, 0) is 10.5 Å². The van der Waals surface area contributed by atoms with E-state index in [0.29, 0.717) is 6.54 Å². The zero-order valence-electron chi connectivity index (χ0n) is 15.5. The highest BCUT2D eigenvalue weighted by Gasteiger charge is 2.15. The van der Waals surface area contributed by atoms with Crippen molar-refractivity contribution in [2.75, 3.05) is 12.3 Å². The molecule has 1 N–H and O–H groups in total. The molecular weight excluding hydrogens is 330 g/mol. The van der Waals surface area contributed by atoms with Crippen molar-refractivity contribution >= 4 is 17.7 Å². The molecule has 2 rings (SSSR count). The van der Waals surface area contributed by atoms with Gasteiger partial charge >= 0.3 is 0 Å². The molecule has 3 nitrogen and oxygen atoms in total. The Morgan fingerprint density at radius 2 is 1.80 bits per heavy atom. The van der Waals surface area contributed by atoms with E-state index >= 15 is 0 Å². The fourth-order valence-electron chi connectivity index (χ4n) is 2.44. The van der Waals surface area contributed by atoms with Gasteiger partial charge < -0.3 is 10.1 Å². The minimum absolute atomic E-state index is 0.0719. The Kier molecular flexibility index (Phi) is 7.38. The number of hydrogen-bond donors (Lipinski definition) is 1. The lowest BCUT2D eigenvalue weighted by molar-refractivity contribution is -0.127. The number of benzene rings is 2. The van der Waals surface area contributed by atoms with Crippen LogP contribution in [0.25, 0.3) is 0 Å². The summed E-state index contributed by atoms with van der Waals surface area (Å²) in [4.78, 5) is 12.2. The smallest absolute Gasteiger partial charge is 0.260 e. The normalized spacial score (nSPS) is 11.8. The van der Waals surface area contributed by atoms with Crippen molar-refractivity contribution in [1.29, 1.82) is 0 Å². The number of carbonyl (C=O) groups is 1. The number of thioether (sulfide) groups is 1. The minimum Gasteiger partial charge on any atom is -0.481 e. The SMILES string of the molecule is Cc1ccccc1CSCCNC(=O)[C@H](C)Oc1cccc(C)c1C. The van der Waals surface area contributed by atoms with Gasteiger partial charge in [0, 0.05) is 18.1 Å². The molecule has 0 saturated carbocycles. The summed E-state index contributed by atoms with van der Waals surface area (Å²) in [6.45, 7) is 8.62. The van der Waals surface area contributed by atoms with Crippen molar-refractivity contribution in [3.63, 3.8) is 0 Å². The van der Waals surface area contributed by atoms with E-state index in [1.54, 1.807) is 6.92 Å². The fraction of sp³-hybridized carbons (Fsp3) is 0.381. The number of ether oxygens (including phenoxy) is 1. The van der Waals surface area contributed by atoms with E-state index in [1.165, 1.54) is 11.1 Å². The molecule has 2 aromatic carbocycles. The van der Waals surface area contributed by atoms with Gasteiger partial charge in [-0.3, -0.25) is 4.79 Å². The van der Waals surface area contributed by atoms with Crippen LogP contribution in [0.3, 0.4) is 0 Å². The summed E-state index contributed by atoms with van der Waals surface area (Å²) in [6.07, 6.45) is -0.498. The monoisotopic (exact) mass is 357 g/mol. The maximum absolute atomic E-state index is 12.2. The van der Waals surface area contributed by atoms with E-state index in [-0.39, 0.29) is 5.91 Å². The third kappa shape index (κ3) is 5.82. The Hall–Kier alpha value is -1.94. The molecule has 0 heterocycles. The van der Waals surface area contributed by atoms with Gasteiger partial charge in [0.15, 0.2) is 6.10 Å². The number of nitrogens with one attached hydrogen (secondary N) is 1. The number of carbonyl (C=O) groups excluding carboxylic acids is 1. The van der Waals surface area contributed by atoms with Gasteiger partial charge in [0.05, 0.1) is 0 Å². The third-order valence-electron chi connectivity index (χ3n) is 4.29. The Bertz CT molecular complexity index is 715. The highest BCUT2D eigenvalue weighted by atomic mass is 32.2. The molecule has 1 amide bonds.